The Morgan fingerprint density at radius 3 is 2.30 bits per heavy atom. The fraction of sp³-hybridized carbons (Fsp3) is 1.00. The van der Waals surface area contributed by atoms with Crippen LogP contribution in [0.25, 0.3) is 0 Å². The molecule has 0 bridgehead atoms. The first-order valence-corrected chi connectivity index (χ1v) is 4.18. The van der Waals surface area contributed by atoms with Crippen LogP contribution in [-0.2, 0) is 0 Å². The summed E-state index contributed by atoms with van der Waals surface area (Å²) in [6, 6.07) is 0. The summed E-state index contributed by atoms with van der Waals surface area (Å²) < 4.78 is 0. The molecule has 1 unspecified atom stereocenters. The Bertz CT molecular complexity index is 106. The molecule has 0 aromatic carbocycles. The molecule has 0 saturated heterocycles. The van der Waals surface area contributed by atoms with Crippen LogP contribution in [0.2, 0.25) is 0 Å². The van der Waals surface area contributed by atoms with E-state index in [0.29, 0.717) is 11.3 Å². The molecule has 0 aromatic rings. The van der Waals surface area contributed by atoms with Gasteiger partial charge in [-0.05, 0) is 30.6 Å². The van der Waals surface area contributed by atoms with Gasteiger partial charge >= 0.3 is 0 Å². The molecule has 0 aromatic heterocycles. The van der Waals surface area contributed by atoms with Crippen LogP contribution in [0.15, 0.2) is 0 Å². The Morgan fingerprint density at radius 2 is 1.90 bits per heavy atom. The van der Waals surface area contributed by atoms with Crippen molar-refractivity contribution in [1.29, 1.82) is 0 Å². The number of aliphatic hydroxyl groups excluding tert-OH is 1. The van der Waals surface area contributed by atoms with E-state index in [4.69, 9.17) is 0 Å². The second-order valence-electron chi connectivity index (χ2n) is 4.57. The molecule has 0 amide bonds. The summed E-state index contributed by atoms with van der Waals surface area (Å²) in [4.78, 5) is 0. The summed E-state index contributed by atoms with van der Waals surface area (Å²) in [7, 11) is 0. The first kappa shape index (κ1) is 8.06. The van der Waals surface area contributed by atoms with Crippen molar-refractivity contribution in [2.45, 2.75) is 46.1 Å². The van der Waals surface area contributed by atoms with Crippen LogP contribution in [0, 0.1) is 11.3 Å². The second kappa shape index (κ2) is 2.54. The summed E-state index contributed by atoms with van der Waals surface area (Å²) in [5.41, 5.74) is 0.372. The maximum atomic E-state index is 9.42. The summed E-state index contributed by atoms with van der Waals surface area (Å²) in [6.45, 7) is 6.71. The van der Waals surface area contributed by atoms with Gasteiger partial charge in [0.25, 0.3) is 0 Å². The highest BCUT2D eigenvalue weighted by atomic mass is 16.3. The lowest BCUT2D eigenvalue weighted by Crippen LogP contribution is -2.30. The summed E-state index contributed by atoms with van der Waals surface area (Å²) in [5, 5.41) is 9.42. The lowest BCUT2D eigenvalue weighted by atomic mass is 9.72. The van der Waals surface area contributed by atoms with Gasteiger partial charge in [-0.1, -0.05) is 20.8 Å². The first-order valence-electron chi connectivity index (χ1n) is 4.18. The van der Waals surface area contributed by atoms with Gasteiger partial charge in [-0.15, -0.1) is 0 Å². The Morgan fingerprint density at radius 1 is 1.30 bits per heavy atom. The molecule has 1 N–H and O–H groups in total. The zero-order valence-corrected chi connectivity index (χ0v) is 7.22. The molecule has 1 aliphatic carbocycles. The predicted molar refractivity (Wildman–Crippen MR) is 42.8 cm³/mol. The standard InChI is InChI=1S/C9H18O/c1-7-4-8(10)6-9(2,3)5-7/h7-8,10H,4-6H2,1-3H3/t7-,8?/m1/s1. The third-order valence-corrected chi connectivity index (χ3v) is 2.36. The van der Waals surface area contributed by atoms with Crippen LogP contribution in [0.3, 0.4) is 0 Å². The highest BCUT2D eigenvalue weighted by Gasteiger charge is 2.30. The van der Waals surface area contributed by atoms with Crippen molar-refractivity contribution in [3.8, 4) is 0 Å². The number of aliphatic hydroxyl groups is 1. The van der Waals surface area contributed by atoms with Crippen LogP contribution in [0.1, 0.15) is 40.0 Å². The first-order chi connectivity index (χ1) is 4.49. The molecule has 1 fully saturated rings. The summed E-state index contributed by atoms with van der Waals surface area (Å²) in [6.07, 6.45) is 3.21. The average Bonchev–Trinajstić information content (AvgIpc) is 1.54. The largest absolute Gasteiger partial charge is 0.393 e. The third kappa shape index (κ3) is 1.98. The molecule has 2 atom stereocenters. The van der Waals surface area contributed by atoms with Gasteiger partial charge in [-0.2, -0.15) is 0 Å². The molecule has 1 saturated carbocycles. The maximum absolute atomic E-state index is 9.42. The minimum Gasteiger partial charge on any atom is -0.393 e. The fourth-order valence-electron chi connectivity index (χ4n) is 2.30. The van der Waals surface area contributed by atoms with Crippen LogP contribution >= 0.6 is 0 Å². The summed E-state index contributed by atoms with van der Waals surface area (Å²) >= 11 is 0. The van der Waals surface area contributed by atoms with E-state index in [-0.39, 0.29) is 6.10 Å². The number of hydrogen-bond acceptors (Lipinski definition) is 1. The van der Waals surface area contributed by atoms with Gasteiger partial charge in [0.15, 0.2) is 0 Å². The van der Waals surface area contributed by atoms with Gasteiger partial charge in [-0.3, -0.25) is 0 Å². The molecule has 1 aliphatic rings. The third-order valence-electron chi connectivity index (χ3n) is 2.36. The molecule has 10 heavy (non-hydrogen) atoms. The minimum atomic E-state index is -0.0428. The van der Waals surface area contributed by atoms with E-state index in [9.17, 15) is 5.11 Å². The smallest absolute Gasteiger partial charge is 0.0547 e. The number of rotatable bonds is 0. The second-order valence-corrected chi connectivity index (χ2v) is 4.57. The van der Waals surface area contributed by atoms with Gasteiger partial charge in [0.2, 0.25) is 0 Å². The predicted octanol–water partition coefficient (Wildman–Crippen LogP) is 2.19. The Balaban J connectivity index is 2.51. The zero-order valence-electron chi connectivity index (χ0n) is 7.22. The monoisotopic (exact) mass is 142 g/mol. The Hall–Kier alpha value is -0.0400. The van der Waals surface area contributed by atoms with Gasteiger partial charge < -0.3 is 5.11 Å². The van der Waals surface area contributed by atoms with Crippen molar-refractivity contribution in [3.05, 3.63) is 0 Å². The molecule has 0 spiro atoms. The van der Waals surface area contributed by atoms with Crippen LogP contribution in [-0.4, -0.2) is 11.2 Å². The van der Waals surface area contributed by atoms with E-state index in [0.717, 1.165) is 12.8 Å². The van der Waals surface area contributed by atoms with Gasteiger partial charge in [0, 0.05) is 0 Å². The fourth-order valence-corrected chi connectivity index (χ4v) is 2.30. The quantitative estimate of drug-likeness (QED) is 0.549. The molecule has 1 nitrogen and oxygen atoms in total. The maximum Gasteiger partial charge on any atom is 0.0547 e. The zero-order chi connectivity index (χ0) is 7.78. The van der Waals surface area contributed by atoms with E-state index in [1.54, 1.807) is 0 Å². The molecule has 1 rings (SSSR count). The van der Waals surface area contributed by atoms with E-state index in [2.05, 4.69) is 20.8 Å². The topological polar surface area (TPSA) is 20.2 Å². The summed E-state index contributed by atoms with van der Waals surface area (Å²) in [5.74, 6) is 0.707. The van der Waals surface area contributed by atoms with E-state index in [1.807, 2.05) is 0 Å². The molecular formula is C9H18O. The van der Waals surface area contributed by atoms with Gasteiger partial charge in [-0.25, -0.2) is 0 Å². The molecule has 0 heterocycles. The van der Waals surface area contributed by atoms with Crippen molar-refractivity contribution in [3.63, 3.8) is 0 Å². The molecule has 60 valence electrons. The van der Waals surface area contributed by atoms with Crippen molar-refractivity contribution in [1.82, 2.24) is 0 Å². The van der Waals surface area contributed by atoms with Gasteiger partial charge in [0.1, 0.15) is 0 Å². The minimum absolute atomic E-state index is 0.0428. The molecule has 1 heteroatoms. The Kier molecular flexibility index (Phi) is 2.04. The average molecular weight is 142 g/mol. The van der Waals surface area contributed by atoms with Crippen molar-refractivity contribution < 1.29 is 5.11 Å². The highest BCUT2D eigenvalue weighted by molar-refractivity contribution is 4.82. The lowest BCUT2D eigenvalue weighted by Gasteiger charge is -2.36. The van der Waals surface area contributed by atoms with E-state index >= 15 is 0 Å². The van der Waals surface area contributed by atoms with E-state index < -0.39 is 0 Å². The number of hydrogen-bond donors (Lipinski definition) is 1. The van der Waals surface area contributed by atoms with Gasteiger partial charge in [0.05, 0.1) is 6.10 Å². The lowest BCUT2D eigenvalue weighted by molar-refractivity contribution is 0.0394. The molecule has 0 radical (unpaired) electrons. The molecule has 0 aliphatic heterocycles. The SMILES string of the molecule is C[C@@H]1CC(O)CC(C)(C)C1. The van der Waals surface area contributed by atoms with Crippen LogP contribution in [0.5, 0.6) is 0 Å². The molecular weight excluding hydrogens is 124 g/mol. The van der Waals surface area contributed by atoms with Crippen LogP contribution in [0.4, 0.5) is 0 Å². The van der Waals surface area contributed by atoms with Crippen LogP contribution < -0.4 is 0 Å². The van der Waals surface area contributed by atoms with Crippen molar-refractivity contribution in [2.75, 3.05) is 0 Å². The van der Waals surface area contributed by atoms with Crippen molar-refractivity contribution in [2.24, 2.45) is 11.3 Å². The van der Waals surface area contributed by atoms with Crippen molar-refractivity contribution >= 4 is 0 Å². The highest BCUT2D eigenvalue weighted by Crippen LogP contribution is 2.38. The normalized spacial score (nSPS) is 39.6. The van der Waals surface area contributed by atoms with E-state index in [1.165, 1.54) is 6.42 Å². The Labute approximate surface area is 63.4 Å².